The Morgan fingerprint density at radius 1 is 0.950 bits per heavy atom. The van der Waals surface area contributed by atoms with Crippen molar-refractivity contribution in [2.45, 2.75) is 12.5 Å². The smallest absolute Gasteiger partial charge is 0.0641 e. The molecule has 1 atom stereocenters. The fraction of sp³-hybridized carbons (Fsp3) is 0.118. The Bertz CT molecular complexity index is 736. The van der Waals surface area contributed by atoms with Gasteiger partial charge in [0.25, 0.3) is 0 Å². The van der Waals surface area contributed by atoms with Crippen molar-refractivity contribution in [1.82, 2.24) is 0 Å². The maximum atomic E-state index is 8.91. The van der Waals surface area contributed by atoms with E-state index in [0.29, 0.717) is 6.42 Å². The van der Waals surface area contributed by atoms with E-state index in [1.165, 1.54) is 10.8 Å². The van der Waals surface area contributed by atoms with E-state index in [4.69, 9.17) is 11.0 Å². The van der Waals surface area contributed by atoms with Crippen LogP contribution in [0.4, 0.5) is 0 Å². The van der Waals surface area contributed by atoms with Crippen LogP contribution in [0.2, 0.25) is 0 Å². The molecule has 3 rings (SSSR count). The van der Waals surface area contributed by atoms with Crippen LogP contribution >= 0.6 is 12.4 Å². The number of halogens is 1. The lowest BCUT2D eigenvalue weighted by atomic mass is 9.91. The van der Waals surface area contributed by atoms with Gasteiger partial charge in [-0.2, -0.15) is 5.26 Å². The molecule has 0 aliphatic heterocycles. The second-order valence-corrected chi connectivity index (χ2v) is 4.70. The molecule has 0 saturated heterocycles. The number of nitrogens with zero attached hydrogens (tertiary/aromatic N) is 1. The third-order valence-electron chi connectivity index (χ3n) is 3.49. The highest BCUT2D eigenvalue weighted by Crippen LogP contribution is 2.32. The Kier molecular flexibility index (Phi) is 4.24. The fourth-order valence-electron chi connectivity index (χ4n) is 2.65. The molecule has 0 heterocycles. The molecule has 3 aromatic rings. The van der Waals surface area contributed by atoms with Crippen LogP contribution in [-0.2, 0) is 0 Å². The van der Waals surface area contributed by atoms with Gasteiger partial charge in [0.1, 0.15) is 0 Å². The van der Waals surface area contributed by atoms with E-state index < -0.39 is 0 Å². The van der Waals surface area contributed by atoms with Crippen LogP contribution < -0.4 is 5.73 Å². The van der Waals surface area contributed by atoms with Gasteiger partial charge >= 0.3 is 0 Å². The zero-order chi connectivity index (χ0) is 13.2. The van der Waals surface area contributed by atoms with Gasteiger partial charge in [-0.15, -0.1) is 12.4 Å². The van der Waals surface area contributed by atoms with Gasteiger partial charge < -0.3 is 5.73 Å². The number of nitrogens with two attached hydrogens (primary N) is 1. The van der Waals surface area contributed by atoms with Gasteiger partial charge in [0.05, 0.1) is 12.5 Å². The third kappa shape index (κ3) is 2.34. The predicted molar refractivity (Wildman–Crippen MR) is 85.9 cm³/mol. The Hall–Kier alpha value is -2.08. The number of nitriles is 1. The SMILES string of the molecule is Cl.N#CC[C@H](N)c1c2ccccc2cc2ccccc12. The van der Waals surface area contributed by atoms with Crippen molar-refractivity contribution in [3.8, 4) is 6.07 Å². The average molecular weight is 283 g/mol. The van der Waals surface area contributed by atoms with Crippen molar-refractivity contribution in [2.24, 2.45) is 5.73 Å². The van der Waals surface area contributed by atoms with E-state index in [1.807, 2.05) is 24.3 Å². The van der Waals surface area contributed by atoms with Crippen molar-refractivity contribution < 1.29 is 0 Å². The zero-order valence-corrected chi connectivity index (χ0v) is 11.7. The van der Waals surface area contributed by atoms with Crippen LogP contribution in [0.5, 0.6) is 0 Å². The third-order valence-corrected chi connectivity index (χ3v) is 3.49. The highest BCUT2D eigenvalue weighted by molar-refractivity contribution is 6.02. The summed E-state index contributed by atoms with van der Waals surface area (Å²) < 4.78 is 0. The van der Waals surface area contributed by atoms with E-state index in [9.17, 15) is 0 Å². The van der Waals surface area contributed by atoms with Gasteiger partial charge in [-0.25, -0.2) is 0 Å². The molecule has 0 fully saturated rings. The van der Waals surface area contributed by atoms with Gasteiger partial charge in [0.15, 0.2) is 0 Å². The summed E-state index contributed by atoms with van der Waals surface area (Å²) in [5, 5.41) is 13.5. The first-order valence-electron chi connectivity index (χ1n) is 6.34. The molecule has 0 aromatic heterocycles. The van der Waals surface area contributed by atoms with E-state index in [2.05, 4.69) is 36.4 Å². The lowest BCUT2D eigenvalue weighted by molar-refractivity contribution is 0.761. The molecule has 2 N–H and O–H groups in total. The second kappa shape index (κ2) is 5.92. The van der Waals surface area contributed by atoms with E-state index in [0.717, 1.165) is 16.3 Å². The first-order chi connectivity index (χ1) is 9.31. The summed E-state index contributed by atoms with van der Waals surface area (Å²) in [7, 11) is 0. The van der Waals surface area contributed by atoms with Gasteiger partial charge in [0, 0.05) is 6.04 Å². The lowest BCUT2D eigenvalue weighted by Crippen LogP contribution is -2.10. The summed E-state index contributed by atoms with van der Waals surface area (Å²) in [6.07, 6.45) is 0.331. The number of benzene rings is 3. The molecule has 3 heteroatoms. The van der Waals surface area contributed by atoms with E-state index >= 15 is 0 Å². The molecular formula is C17H15ClN2. The molecule has 2 nitrogen and oxygen atoms in total. The Balaban J connectivity index is 0.00000147. The molecule has 0 amide bonds. The first kappa shape index (κ1) is 14.3. The minimum absolute atomic E-state index is 0. The van der Waals surface area contributed by atoms with Gasteiger partial charge in [-0.05, 0) is 33.2 Å². The van der Waals surface area contributed by atoms with Crippen molar-refractivity contribution in [3.63, 3.8) is 0 Å². The summed E-state index contributed by atoms with van der Waals surface area (Å²) in [6, 6.07) is 20.5. The van der Waals surface area contributed by atoms with Crippen LogP contribution in [0.1, 0.15) is 18.0 Å². The highest BCUT2D eigenvalue weighted by atomic mass is 35.5. The van der Waals surface area contributed by atoms with Crippen LogP contribution in [0, 0.1) is 11.3 Å². The van der Waals surface area contributed by atoms with E-state index in [1.54, 1.807) is 0 Å². The Morgan fingerprint density at radius 2 is 1.45 bits per heavy atom. The normalized spacial score (nSPS) is 11.8. The first-order valence-corrected chi connectivity index (χ1v) is 6.34. The fourth-order valence-corrected chi connectivity index (χ4v) is 2.65. The molecule has 0 unspecified atom stereocenters. The van der Waals surface area contributed by atoms with Crippen LogP contribution in [0.15, 0.2) is 54.6 Å². The Morgan fingerprint density at radius 3 is 1.95 bits per heavy atom. The maximum Gasteiger partial charge on any atom is 0.0641 e. The summed E-state index contributed by atoms with van der Waals surface area (Å²) in [5.41, 5.74) is 7.29. The van der Waals surface area contributed by atoms with Crippen molar-refractivity contribution in [2.75, 3.05) is 0 Å². The van der Waals surface area contributed by atoms with Crippen molar-refractivity contribution in [3.05, 3.63) is 60.2 Å². The highest BCUT2D eigenvalue weighted by Gasteiger charge is 2.13. The number of hydrogen-bond donors (Lipinski definition) is 1. The van der Waals surface area contributed by atoms with E-state index in [-0.39, 0.29) is 18.4 Å². The summed E-state index contributed by atoms with van der Waals surface area (Å²) >= 11 is 0. The maximum absolute atomic E-state index is 8.91. The molecule has 20 heavy (non-hydrogen) atoms. The summed E-state index contributed by atoms with van der Waals surface area (Å²) in [6.45, 7) is 0. The minimum atomic E-state index is -0.249. The van der Waals surface area contributed by atoms with Crippen molar-refractivity contribution >= 4 is 34.0 Å². The second-order valence-electron chi connectivity index (χ2n) is 4.70. The molecule has 0 aliphatic rings. The van der Waals surface area contributed by atoms with Gasteiger partial charge in [-0.1, -0.05) is 48.5 Å². The lowest BCUT2D eigenvalue weighted by Gasteiger charge is -2.15. The topological polar surface area (TPSA) is 49.8 Å². The zero-order valence-electron chi connectivity index (χ0n) is 10.9. The van der Waals surface area contributed by atoms with Crippen LogP contribution in [0.3, 0.4) is 0 Å². The molecule has 0 saturated carbocycles. The quantitative estimate of drug-likeness (QED) is 0.711. The molecule has 0 aliphatic carbocycles. The minimum Gasteiger partial charge on any atom is -0.323 e. The van der Waals surface area contributed by atoms with Gasteiger partial charge in [-0.3, -0.25) is 0 Å². The molecule has 3 aromatic carbocycles. The number of rotatable bonds is 2. The Labute approximate surface area is 124 Å². The van der Waals surface area contributed by atoms with Crippen molar-refractivity contribution in [1.29, 1.82) is 5.26 Å². The molecule has 0 bridgehead atoms. The number of fused-ring (bicyclic) bond motifs is 2. The number of hydrogen-bond acceptors (Lipinski definition) is 2. The molecule has 0 spiro atoms. The van der Waals surface area contributed by atoms with Gasteiger partial charge in [0.2, 0.25) is 0 Å². The average Bonchev–Trinajstić information content (AvgIpc) is 2.44. The molecule has 100 valence electrons. The summed E-state index contributed by atoms with van der Waals surface area (Å²) in [4.78, 5) is 0. The standard InChI is InChI=1S/C17H14N2.ClH/c18-10-9-16(19)17-14-7-3-1-5-12(14)11-13-6-2-4-8-15(13)17;/h1-8,11,16H,9,19H2;1H/t16-;/m0./s1. The molecule has 0 radical (unpaired) electrons. The molecular weight excluding hydrogens is 268 g/mol. The largest absolute Gasteiger partial charge is 0.323 e. The van der Waals surface area contributed by atoms with Crippen LogP contribution in [-0.4, -0.2) is 0 Å². The summed E-state index contributed by atoms with van der Waals surface area (Å²) in [5.74, 6) is 0. The predicted octanol–water partition coefficient (Wildman–Crippen LogP) is 4.33. The van der Waals surface area contributed by atoms with Crippen LogP contribution in [0.25, 0.3) is 21.5 Å². The monoisotopic (exact) mass is 282 g/mol.